The van der Waals surface area contributed by atoms with Gasteiger partial charge in [-0.3, -0.25) is 10.1 Å². The molecule has 0 rings (SSSR count). The van der Waals surface area contributed by atoms with Crippen LogP contribution < -0.4 is 0 Å². The van der Waals surface area contributed by atoms with E-state index in [1.165, 1.54) is 12.2 Å². The molecule has 4 heteroatoms. The summed E-state index contributed by atoms with van der Waals surface area (Å²) in [5.41, 5.74) is 0.659. The Bertz CT molecular complexity index is 325. The average Bonchev–Trinajstić information content (AvgIpc) is 2.11. The normalized spacial score (nSPS) is 13.0. The smallest absolute Gasteiger partial charge is 0.272 e. The Hall–Kier alpha value is -1.84. The highest BCUT2D eigenvalue weighted by Crippen LogP contribution is 2.10. The van der Waals surface area contributed by atoms with Crippen molar-refractivity contribution in [3.8, 4) is 0 Å². The van der Waals surface area contributed by atoms with Crippen molar-refractivity contribution in [1.29, 1.82) is 0 Å². The van der Waals surface area contributed by atoms with Crippen molar-refractivity contribution in [2.75, 3.05) is 14.1 Å². The first kappa shape index (κ1) is 13.2. The monoisotopic (exact) mass is 208 g/mol. The molecule has 0 saturated heterocycles. The van der Waals surface area contributed by atoms with Crippen LogP contribution in [0.5, 0.6) is 0 Å². The second kappa shape index (κ2) is 6.59. The van der Waals surface area contributed by atoms with Gasteiger partial charge in [0.05, 0.1) is 4.92 Å². The third kappa shape index (κ3) is 5.46. The average molecular weight is 208 g/mol. The Morgan fingerprint density at radius 1 is 1.40 bits per heavy atom. The highest BCUT2D eigenvalue weighted by atomic mass is 16.6. The first-order valence-corrected chi connectivity index (χ1v) is 4.48. The van der Waals surface area contributed by atoms with Gasteiger partial charge in [-0.05, 0) is 19.2 Å². The highest BCUT2D eigenvalue weighted by molar-refractivity contribution is 5.28. The lowest BCUT2D eigenvalue weighted by atomic mass is 10.2. The van der Waals surface area contributed by atoms with Crippen LogP contribution in [0.4, 0.5) is 0 Å². The van der Waals surface area contributed by atoms with Crippen molar-refractivity contribution in [1.82, 2.24) is 4.90 Å². The summed E-state index contributed by atoms with van der Waals surface area (Å²) in [5.74, 6) is 0. The molecule has 0 aliphatic carbocycles. The molecule has 82 valence electrons. The molecule has 4 nitrogen and oxygen atoms in total. The fraction of sp³-hybridized carbons (Fsp3) is 0.273. The van der Waals surface area contributed by atoms with E-state index >= 15 is 0 Å². The molecule has 0 spiro atoms. The zero-order valence-electron chi connectivity index (χ0n) is 9.30. The zero-order valence-corrected chi connectivity index (χ0v) is 9.30. The third-order valence-corrected chi connectivity index (χ3v) is 1.61. The molecule has 0 unspecified atom stereocenters. The fourth-order valence-electron chi connectivity index (χ4n) is 0.905. The number of nitro groups is 1. The maximum Gasteiger partial charge on any atom is 0.272 e. The van der Waals surface area contributed by atoms with Gasteiger partial charge in [-0.15, -0.1) is 0 Å². The molecule has 0 aliphatic heterocycles. The maximum atomic E-state index is 10.7. The van der Waals surface area contributed by atoms with Crippen molar-refractivity contribution in [2.45, 2.75) is 6.92 Å². The van der Waals surface area contributed by atoms with Gasteiger partial charge in [0.1, 0.15) is 0 Å². The minimum Gasteiger partial charge on any atom is -0.383 e. The molecule has 0 radical (unpaired) electrons. The summed E-state index contributed by atoms with van der Waals surface area (Å²) in [6.07, 6.45) is 7.99. The molecule has 0 bridgehead atoms. The Labute approximate surface area is 90.0 Å². The van der Waals surface area contributed by atoms with Gasteiger partial charge in [0.25, 0.3) is 5.70 Å². The molecule has 0 heterocycles. The molecule has 0 amide bonds. The van der Waals surface area contributed by atoms with Crippen molar-refractivity contribution in [3.05, 3.63) is 58.5 Å². The fourth-order valence-corrected chi connectivity index (χ4v) is 0.905. The number of hydrogen-bond acceptors (Lipinski definition) is 3. The van der Waals surface area contributed by atoms with E-state index in [1.54, 1.807) is 30.2 Å². The second-order valence-corrected chi connectivity index (χ2v) is 3.20. The van der Waals surface area contributed by atoms with Crippen LogP contribution in [0.3, 0.4) is 0 Å². The van der Waals surface area contributed by atoms with Crippen LogP contribution in [0.15, 0.2) is 48.4 Å². The van der Waals surface area contributed by atoms with E-state index in [2.05, 4.69) is 6.58 Å². The van der Waals surface area contributed by atoms with Gasteiger partial charge in [-0.25, -0.2) is 0 Å². The number of nitrogens with zero attached hydrogens (tertiary/aromatic N) is 2. The van der Waals surface area contributed by atoms with Crippen LogP contribution >= 0.6 is 0 Å². The predicted octanol–water partition coefficient (Wildman–Crippen LogP) is 2.35. The maximum absolute atomic E-state index is 10.7. The lowest BCUT2D eigenvalue weighted by Gasteiger charge is -2.01. The van der Waals surface area contributed by atoms with Gasteiger partial charge < -0.3 is 4.90 Å². The van der Waals surface area contributed by atoms with Crippen LogP contribution in [0.2, 0.25) is 0 Å². The molecule has 0 aromatic rings. The Balaban J connectivity index is 4.90. The molecular weight excluding hydrogens is 192 g/mol. The van der Waals surface area contributed by atoms with Gasteiger partial charge in [0, 0.05) is 25.7 Å². The van der Waals surface area contributed by atoms with E-state index in [4.69, 9.17) is 0 Å². The van der Waals surface area contributed by atoms with Crippen LogP contribution in [0.25, 0.3) is 0 Å². The van der Waals surface area contributed by atoms with Crippen molar-refractivity contribution < 1.29 is 4.92 Å². The van der Waals surface area contributed by atoms with Crippen LogP contribution in [-0.2, 0) is 0 Å². The minimum atomic E-state index is -0.407. The Morgan fingerprint density at radius 3 is 2.40 bits per heavy atom. The topological polar surface area (TPSA) is 46.4 Å². The lowest BCUT2D eigenvalue weighted by molar-refractivity contribution is -0.420. The molecule has 0 aromatic heterocycles. The molecular formula is C11H16N2O2. The molecule has 15 heavy (non-hydrogen) atoms. The van der Waals surface area contributed by atoms with Crippen LogP contribution in [-0.4, -0.2) is 23.9 Å². The molecule has 0 aliphatic rings. The zero-order chi connectivity index (χ0) is 11.8. The first-order chi connectivity index (χ1) is 6.99. The van der Waals surface area contributed by atoms with Crippen LogP contribution in [0, 0.1) is 10.1 Å². The minimum absolute atomic E-state index is 0.0769. The molecule has 0 fully saturated rings. The van der Waals surface area contributed by atoms with E-state index in [9.17, 15) is 10.1 Å². The van der Waals surface area contributed by atoms with Crippen LogP contribution in [0.1, 0.15) is 6.92 Å². The molecule has 0 atom stereocenters. The second-order valence-electron chi connectivity index (χ2n) is 3.20. The third-order valence-electron chi connectivity index (χ3n) is 1.61. The van der Waals surface area contributed by atoms with E-state index < -0.39 is 4.92 Å². The summed E-state index contributed by atoms with van der Waals surface area (Å²) >= 11 is 0. The number of allylic oxidation sites excluding steroid dienone is 5. The van der Waals surface area contributed by atoms with Gasteiger partial charge in [0.15, 0.2) is 0 Å². The Morgan fingerprint density at radius 2 is 2.00 bits per heavy atom. The predicted molar refractivity (Wildman–Crippen MR) is 61.9 cm³/mol. The molecule has 0 N–H and O–H groups in total. The number of rotatable bonds is 5. The van der Waals surface area contributed by atoms with Gasteiger partial charge >= 0.3 is 0 Å². The highest BCUT2D eigenvalue weighted by Gasteiger charge is 2.10. The van der Waals surface area contributed by atoms with Gasteiger partial charge in [-0.1, -0.05) is 18.7 Å². The summed E-state index contributed by atoms with van der Waals surface area (Å²) in [4.78, 5) is 12.1. The summed E-state index contributed by atoms with van der Waals surface area (Å²) in [6.45, 7) is 5.18. The lowest BCUT2D eigenvalue weighted by Crippen LogP contribution is -2.01. The molecule has 0 saturated carbocycles. The quantitative estimate of drug-likeness (QED) is 0.396. The largest absolute Gasteiger partial charge is 0.383 e. The molecule has 0 aromatic carbocycles. The standard InChI is InChI=1S/C11H16N2O2/c1-5-7-10(2)11(13(14)15)8-6-9-12(3)4/h5-9H,1H2,2-4H3/b9-6+,10-7+,11-8-. The number of hydrogen-bond donors (Lipinski definition) is 0. The van der Waals surface area contributed by atoms with E-state index in [0.717, 1.165) is 0 Å². The van der Waals surface area contributed by atoms with E-state index in [-0.39, 0.29) is 5.70 Å². The van der Waals surface area contributed by atoms with Gasteiger partial charge in [-0.2, -0.15) is 0 Å². The summed E-state index contributed by atoms with van der Waals surface area (Å²) < 4.78 is 0. The van der Waals surface area contributed by atoms with E-state index in [1.807, 2.05) is 14.1 Å². The van der Waals surface area contributed by atoms with Crippen molar-refractivity contribution >= 4 is 0 Å². The van der Waals surface area contributed by atoms with Gasteiger partial charge in [0.2, 0.25) is 0 Å². The summed E-state index contributed by atoms with van der Waals surface area (Å²) in [7, 11) is 3.70. The first-order valence-electron chi connectivity index (χ1n) is 4.48. The Kier molecular flexibility index (Phi) is 5.78. The summed E-state index contributed by atoms with van der Waals surface area (Å²) in [5, 5.41) is 10.7. The van der Waals surface area contributed by atoms with E-state index in [0.29, 0.717) is 5.57 Å². The SMILES string of the molecule is C=C/C=C(C)/C(=C/C=C/N(C)C)[N+](=O)[O-]. The van der Waals surface area contributed by atoms with Crippen molar-refractivity contribution in [3.63, 3.8) is 0 Å². The van der Waals surface area contributed by atoms with Crippen molar-refractivity contribution in [2.24, 2.45) is 0 Å². The summed E-state index contributed by atoms with van der Waals surface area (Å²) in [6, 6.07) is 0.